The lowest BCUT2D eigenvalue weighted by molar-refractivity contribution is 0.0994. The molecule has 0 saturated heterocycles. The highest BCUT2D eigenvalue weighted by Gasteiger charge is 2.07. The molecule has 1 amide bonds. The van der Waals surface area contributed by atoms with E-state index in [-0.39, 0.29) is 18.3 Å². The average Bonchev–Trinajstić information content (AvgIpc) is 2.96. The smallest absolute Gasteiger partial charge is 0.323 e. The van der Waals surface area contributed by atoms with E-state index in [0.29, 0.717) is 18.3 Å². The van der Waals surface area contributed by atoms with Crippen molar-refractivity contribution in [2.45, 2.75) is 6.54 Å². The lowest BCUT2D eigenvalue weighted by Crippen LogP contribution is -2.14. The zero-order chi connectivity index (χ0) is 15.2. The summed E-state index contributed by atoms with van der Waals surface area (Å²) in [5, 5.41) is 3.98. The number of aromatic nitrogens is 4. The van der Waals surface area contributed by atoms with E-state index in [4.69, 9.17) is 19.9 Å². The second kappa shape index (κ2) is 6.55. The maximum absolute atomic E-state index is 10.9. The normalized spacial score (nSPS) is 10.2. The fraction of sp³-hybridized carbons (Fsp3) is 0.333. The van der Waals surface area contributed by atoms with Gasteiger partial charge in [0.2, 0.25) is 11.8 Å². The molecule has 2 aromatic heterocycles. The number of ether oxygens (including phenoxy) is 3. The summed E-state index contributed by atoms with van der Waals surface area (Å²) in [4.78, 5) is 19.0. The summed E-state index contributed by atoms with van der Waals surface area (Å²) in [6.45, 7) is 0.673. The Morgan fingerprint density at radius 2 is 1.95 bits per heavy atom. The SMILES string of the molecule is COc1cc(OC)nc(OCCn2ccc(C(N)=O)n2)n1. The number of hydrogen-bond donors (Lipinski definition) is 1. The van der Waals surface area contributed by atoms with Crippen LogP contribution in [0.25, 0.3) is 0 Å². The highest BCUT2D eigenvalue weighted by Crippen LogP contribution is 2.18. The molecule has 0 aliphatic carbocycles. The number of nitrogens with two attached hydrogens (primary N) is 1. The molecule has 2 aromatic rings. The fourth-order valence-corrected chi connectivity index (χ4v) is 1.51. The van der Waals surface area contributed by atoms with Gasteiger partial charge in [0, 0.05) is 6.20 Å². The molecule has 0 aromatic carbocycles. The Morgan fingerprint density at radius 3 is 2.48 bits per heavy atom. The van der Waals surface area contributed by atoms with E-state index in [1.165, 1.54) is 25.0 Å². The summed E-state index contributed by atoms with van der Waals surface area (Å²) >= 11 is 0. The number of amides is 1. The summed E-state index contributed by atoms with van der Waals surface area (Å²) in [5.41, 5.74) is 5.32. The van der Waals surface area contributed by atoms with Crippen LogP contribution in [-0.2, 0) is 6.54 Å². The molecule has 0 aliphatic rings. The summed E-state index contributed by atoms with van der Waals surface area (Å²) in [6.07, 6.45) is 1.64. The van der Waals surface area contributed by atoms with Crippen LogP contribution in [-0.4, -0.2) is 46.5 Å². The Hall–Kier alpha value is -2.84. The van der Waals surface area contributed by atoms with Gasteiger partial charge in [0.05, 0.1) is 26.8 Å². The van der Waals surface area contributed by atoms with Gasteiger partial charge in [-0.2, -0.15) is 15.1 Å². The predicted octanol–water partition coefficient (Wildman–Crippen LogP) is -0.132. The molecular formula is C12H15N5O4. The third-order valence-corrected chi connectivity index (χ3v) is 2.52. The Kier molecular flexibility index (Phi) is 4.54. The van der Waals surface area contributed by atoms with Crippen molar-refractivity contribution in [2.24, 2.45) is 5.73 Å². The van der Waals surface area contributed by atoms with Crippen LogP contribution in [0.5, 0.6) is 17.8 Å². The summed E-state index contributed by atoms with van der Waals surface area (Å²) < 4.78 is 17.0. The summed E-state index contributed by atoms with van der Waals surface area (Å²) in [6, 6.07) is 3.21. The molecule has 9 nitrogen and oxygen atoms in total. The first-order chi connectivity index (χ1) is 10.1. The quantitative estimate of drug-likeness (QED) is 0.756. The zero-order valence-corrected chi connectivity index (χ0v) is 11.6. The molecule has 21 heavy (non-hydrogen) atoms. The molecule has 0 atom stereocenters. The molecule has 0 saturated carbocycles. The van der Waals surface area contributed by atoms with Crippen molar-refractivity contribution in [2.75, 3.05) is 20.8 Å². The van der Waals surface area contributed by atoms with E-state index in [1.54, 1.807) is 12.3 Å². The third kappa shape index (κ3) is 3.81. The van der Waals surface area contributed by atoms with Gasteiger partial charge in [-0.1, -0.05) is 0 Å². The van der Waals surface area contributed by atoms with Crippen LogP contribution in [0, 0.1) is 0 Å². The molecule has 0 aliphatic heterocycles. The Morgan fingerprint density at radius 1 is 1.29 bits per heavy atom. The monoisotopic (exact) mass is 293 g/mol. The molecule has 0 bridgehead atoms. The summed E-state index contributed by atoms with van der Waals surface area (Å²) in [5.74, 6) is 0.106. The number of hydrogen-bond acceptors (Lipinski definition) is 7. The van der Waals surface area contributed by atoms with Crippen molar-refractivity contribution in [3.05, 3.63) is 24.0 Å². The van der Waals surface area contributed by atoms with Crippen LogP contribution < -0.4 is 19.9 Å². The van der Waals surface area contributed by atoms with Gasteiger partial charge in [0.1, 0.15) is 12.3 Å². The minimum atomic E-state index is -0.574. The molecule has 0 unspecified atom stereocenters. The van der Waals surface area contributed by atoms with Gasteiger partial charge in [-0.15, -0.1) is 0 Å². The molecule has 9 heteroatoms. The van der Waals surface area contributed by atoms with E-state index in [1.807, 2.05) is 0 Å². The standard InChI is InChI=1S/C12H15N5O4/c1-19-9-7-10(20-2)15-12(14-9)21-6-5-17-4-3-8(16-17)11(13)18/h3-4,7H,5-6H2,1-2H3,(H2,13,18). The molecule has 112 valence electrons. The largest absolute Gasteiger partial charge is 0.481 e. The second-order valence-electron chi connectivity index (χ2n) is 3.91. The van der Waals surface area contributed by atoms with Gasteiger partial charge in [-0.05, 0) is 6.07 Å². The van der Waals surface area contributed by atoms with Crippen LogP contribution >= 0.6 is 0 Å². The van der Waals surface area contributed by atoms with Crippen molar-refractivity contribution in [1.82, 2.24) is 19.7 Å². The number of rotatable bonds is 7. The molecular weight excluding hydrogens is 278 g/mol. The van der Waals surface area contributed by atoms with Crippen molar-refractivity contribution in [3.8, 4) is 17.8 Å². The highest BCUT2D eigenvalue weighted by molar-refractivity contribution is 5.90. The van der Waals surface area contributed by atoms with Crippen molar-refractivity contribution in [1.29, 1.82) is 0 Å². The molecule has 2 N–H and O–H groups in total. The van der Waals surface area contributed by atoms with Crippen molar-refractivity contribution < 1.29 is 19.0 Å². The first kappa shape index (κ1) is 14.6. The van der Waals surface area contributed by atoms with Crippen LogP contribution in [0.1, 0.15) is 10.5 Å². The zero-order valence-electron chi connectivity index (χ0n) is 11.6. The number of carbonyl (C=O) groups excluding carboxylic acids is 1. The molecule has 0 spiro atoms. The van der Waals surface area contributed by atoms with Crippen LogP contribution in [0.3, 0.4) is 0 Å². The maximum Gasteiger partial charge on any atom is 0.323 e. The third-order valence-electron chi connectivity index (χ3n) is 2.52. The van der Waals surface area contributed by atoms with Gasteiger partial charge in [0.25, 0.3) is 5.91 Å². The Bertz CT molecular complexity index is 606. The van der Waals surface area contributed by atoms with Crippen LogP contribution in [0.2, 0.25) is 0 Å². The van der Waals surface area contributed by atoms with E-state index >= 15 is 0 Å². The first-order valence-corrected chi connectivity index (χ1v) is 6.05. The topological polar surface area (TPSA) is 114 Å². The number of methoxy groups -OCH3 is 2. The average molecular weight is 293 g/mol. The van der Waals surface area contributed by atoms with Gasteiger partial charge in [-0.3, -0.25) is 9.48 Å². The number of carbonyl (C=O) groups is 1. The fourth-order valence-electron chi connectivity index (χ4n) is 1.51. The van der Waals surface area contributed by atoms with E-state index in [2.05, 4.69) is 15.1 Å². The van der Waals surface area contributed by atoms with Gasteiger partial charge >= 0.3 is 6.01 Å². The first-order valence-electron chi connectivity index (χ1n) is 6.05. The minimum Gasteiger partial charge on any atom is -0.481 e. The molecule has 0 radical (unpaired) electrons. The predicted molar refractivity (Wildman–Crippen MR) is 71.4 cm³/mol. The van der Waals surface area contributed by atoms with Crippen molar-refractivity contribution in [3.63, 3.8) is 0 Å². The van der Waals surface area contributed by atoms with E-state index < -0.39 is 5.91 Å². The van der Waals surface area contributed by atoms with Gasteiger partial charge in [0.15, 0.2) is 0 Å². The van der Waals surface area contributed by atoms with E-state index in [0.717, 1.165) is 0 Å². The maximum atomic E-state index is 10.9. The highest BCUT2D eigenvalue weighted by atomic mass is 16.5. The Labute approximate surface area is 120 Å². The minimum absolute atomic E-state index is 0.133. The molecule has 0 fully saturated rings. The van der Waals surface area contributed by atoms with Gasteiger partial charge < -0.3 is 19.9 Å². The molecule has 2 rings (SSSR count). The lowest BCUT2D eigenvalue weighted by Gasteiger charge is -2.07. The Balaban J connectivity index is 1.94. The van der Waals surface area contributed by atoms with Crippen LogP contribution in [0.15, 0.2) is 18.3 Å². The van der Waals surface area contributed by atoms with E-state index in [9.17, 15) is 4.79 Å². The van der Waals surface area contributed by atoms with Gasteiger partial charge in [-0.25, -0.2) is 0 Å². The second-order valence-corrected chi connectivity index (χ2v) is 3.91. The summed E-state index contributed by atoms with van der Waals surface area (Å²) in [7, 11) is 2.97. The lowest BCUT2D eigenvalue weighted by atomic mass is 10.4. The number of nitrogens with zero attached hydrogens (tertiary/aromatic N) is 4. The van der Waals surface area contributed by atoms with Crippen LogP contribution in [0.4, 0.5) is 0 Å². The number of primary amides is 1. The molecule has 2 heterocycles. The van der Waals surface area contributed by atoms with Crippen molar-refractivity contribution >= 4 is 5.91 Å².